The standard InChI is InChI=1S/C30H28O2/c1-29(22-10-6-4-7-11-22)21-30(23-12-8-5-9-13-23,24-14-16-25(31-2)17-15-24)28-20-26(32-3)18-19-27(28)29/h4-20H,21H2,1-3H3. The summed E-state index contributed by atoms with van der Waals surface area (Å²) in [6.07, 6.45) is 0.933. The first-order chi connectivity index (χ1) is 15.6. The Bertz CT molecular complexity index is 1210. The Hall–Kier alpha value is -3.52. The molecule has 4 aromatic rings. The Labute approximate surface area is 190 Å². The molecule has 0 aliphatic heterocycles. The van der Waals surface area contributed by atoms with Crippen LogP contribution in [0.5, 0.6) is 11.5 Å². The zero-order valence-corrected chi connectivity index (χ0v) is 18.8. The van der Waals surface area contributed by atoms with Crippen molar-refractivity contribution < 1.29 is 9.47 Å². The first-order valence-electron chi connectivity index (χ1n) is 11.1. The first-order valence-corrected chi connectivity index (χ1v) is 11.1. The highest BCUT2D eigenvalue weighted by Gasteiger charge is 2.52. The summed E-state index contributed by atoms with van der Waals surface area (Å²) in [7, 11) is 3.45. The van der Waals surface area contributed by atoms with Gasteiger partial charge in [0.05, 0.1) is 14.2 Å². The summed E-state index contributed by atoms with van der Waals surface area (Å²) in [5.41, 5.74) is 6.10. The van der Waals surface area contributed by atoms with Gasteiger partial charge in [0.2, 0.25) is 0 Å². The van der Waals surface area contributed by atoms with E-state index in [1.807, 2.05) is 0 Å². The number of fused-ring (bicyclic) bond motifs is 1. The molecule has 0 heterocycles. The third-order valence-electron chi connectivity index (χ3n) is 7.16. The van der Waals surface area contributed by atoms with E-state index in [-0.39, 0.29) is 10.8 Å². The minimum atomic E-state index is -0.304. The van der Waals surface area contributed by atoms with Crippen LogP contribution in [0.2, 0.25) is 0 Å². The van der Waals surface area contributed by atoms with Crippen molar-refractivity contribution in [2.24, 2.45) is 0 Å². The molecule has 2 atom stereocenters. The van der Waals surface area contributed by atoms with Crippen LogP contribution in [0, 0.1) is 0 Å². The Morgan fingerprint density at radius 1 is 0.562 bits per heavy atom. The second kappa shape index (κ2) is 7.87. The lowest BCUT2D eigenvalue weighted by Gasteiger charge is -2.35. The van der Waals surface area contributed by atoms with Crippen LogP contribution in [0.4, 0.5) is 0 Å². The number of hydrogen-bond donors (Lipinski definition) is 0. The molecule has 32 heavy (non-hydrogen) atoms. The van der Waals surface area contributed by atoms with E-state index in [2.05, 4.69) is 110 Å². The topological polar surface area (TPSA) is 18.5 Å². The maximum Gasteiger partial charge on any atom is 0.119 e. The van der Waals surface area contributed by atoms with Crippen molar-refractivity contribution in [2.45, 2.75) is 24.2 Å². The molecule has 0 fully saturated rings. The lowest BCUT2D eigenvalue weighted by molar-refractivity contribution is 0.412. The van der Waals surface area contributed by atoms with E-state index in [1.165, 1.54) is 27.8 Å². The van der Waals surface area contributed by atoms with E-state index in [0.29, 0.717) is 0 Å². The van der Waals surface area contributed by atoms with Gasteiger partial charge in [0.15, 0.2) is 0 Å². The molecule has 160 valence electrons. The molecule has 0 radical (unpaired) electrons. The highest BCUT2D eigenvalue weighted by molar-refractivity contribution is 5.64. The van der Waals surface area contributed by atoms with Crippen molar-refractivity contribution in [3.8, 4) is 11.5 Å². The molecular weight excluding hydrogens is 392 g/mol. The fourth-order valence-electron chi connectivity index (χ4n) is 5.55. The monoisotopic (exact) mass is 420 g/mol. The van der Waals surface area contributed by atoms with Crippen LogP contribution >= 0.6 is 0 Å². The summed E-state index contributed by atoms with van der Waals surface area (Å²) >= 11 is 0. The second-order valence-corrected chi connectivity index (χ2v) is 8.79. The van der Waals surface area contributed by atoms with Gasteiger partial charge in [-0.3, -0.25) is 0 Å². The van der Waals surface area contributed by atoms with Crippen LogP contribution in [0.3, 0.4) is 0 Å². The third-order valence-corrected chi connectivity index (χ3v) is 7.16. The molecule has 2 unspecified atom stereocenters. The average Bonchev–Trinajstić information content (AvgIpc) is 3.15. The van der Waals surface area contributed by atoms with E-state index in [0.717, 1.165) is 17.9 Å². The zero-order valence-electron chi connectivity index (χ0n) is 18.8. The lowest BCUT2D eigenvalue weighted by atomic mass is 9.67. The van der Waals surface area contributed by atoms with Gasteiger partial charge in [0.1, 0.15) is 11.5 Å². The smallest absolute Gasteiger partial charge is 0.119 e. The number of hydrogen-bond acceptors (Lipinski definition) is 2. The van der Waals surface area contributed by atoms with Crippen molar-refractivity contribution in [3.63, 3.8) is 0 Å². The van der Waals surface area contributed by atoms with Crippen LogP contribution in [0.1, 0.15) is 41.2 Å². The molecule has 0 spiro atoms. The second-order valence-electron chi connectivity index (χ2n) is 8.79. The van der Waals surface area contributed by atoms with Crippen LogP contribution in [-0.4, -0.2) is 14.2 Å². The number of ether oxygens (including phenoxy) is 2. The molecular formula is C30H28O2. The lowest BCUT2D eigenvalue weighted by Crippen LogP contribution is -2.30. The highest BCUT2D eigenvalue weighted by atomic mass is 16.5. The van der Waals surface area contributed by atoms with Gasteiger partial charge in [-0.1, -0.05) is 85.8 Å². The van der Waals surface area contributed by atoms with Gasteiger partial charge in [0.25, 0.3) is 0 Å². The van der Waals surface area contributed by atoms with Crippen LogP contribution in [0.15, 0.2) is 103 Å². The van der Waals surface area contributed by atoms with Crippen LogP contribution in [-0.2, 0) is 10.8 Å². The van der Waals surface area contributed by atoms with Gasteiger partial charge >= 0.3 is 0 Å². The van der Waals surface area contributed by atoms with Crippen molar-refractivity contribution >= 4 is 0 Å². The average molecular weight is 421 g/mol. The Kier molecular flexibility index (Phi) is 5.01. The van der Waals surface area contributed by atoms with Crippen molar-refractivity contribution in [1.29, 1.82) is 0 Å². The van der Waals surface area contributed by atoms with Gasteiger partial charge in [-0.15, -0.1) is 0 Å². The van der Waals surface area contributed by atoms with E-state index in [9.17, 15) is 0 Å². The molecule has 1 aliphatic rings. The molecule has 2 nitrogen and oxygen atoms in total. The molecule has 5 rings (SSSR count). The minimum absolute atomic E-state index is 0.140. The van der Waals surface area contributed by atoms with Gasteiger partial charge < -0.3 is 9.47 Å². The summed E-state index contributed by atoms with van der Waals surface area (Å²) < 4.78 is 11.2. The molecule has 0 saturated heterocycles. The Morgan fingerprint density at radius 3 is 1.69 bits per heavy atom. The molecule has 4 aromatic carbocycles. The summed E-state index contributed by atoms with van der Waals surface area (Å²) in [6, 6.07) is 36.9. The van der Waals surface area contributed by atoms with Crippen molar-refractivity contribution in [2.75, 3.05) is 14.2 Å². The highest BCUT2D eigenvalue weighted by Crippen LogP contribution is 2.59. The number of methoxy groups -OCH3 is 2. The quantitative estimate of drug-likeness (QED) is 0.356. The maximum atomic E-state index is 5.69. The van der Waals surface area contributed by atoms with Crippen LogP contribution < -0.4 is 9.47 Å². The van der Waals surface area contributed by atoms with Gasteiger partial charge in [-0.05, 0) is 58.5 Å². The molecule has 0 saturated carbocycles. The fourth-order valence-corrected chi connectivity index (χ4v) is 5.55. The predicted octanol–water partition coefficient (Wildman–Crippen LogP) is 6.75. The predicted molar refractivity (Wildman–Crippen MR) is 130 cm³/mol. The minimum Gasteiger partial charge on any atom is -0.497 e. The Balaban J connectivity index is 1.84. The molecule has 1 aliphatic carbocycles. The van der Waals surface area contributed by atoms with Gasteiger partial charge in [0, 0.05) is 10.8 Å². The zero-order chi connectivity index (χ0) is 22.2. The fraction of sp³-hybridized carbons (Fsp3) is 0.200. The van der Waals surface area contributed by atoms with E-state index in [4.69, 9.17) is 9.47 Å². The summed E-state index contributed by atoms with van der Waals surface area (Å²) in [6.45, 7) is 2.38. The van der Waals surface area contributed by atoms with Crippen LogP contribution in [0.25, 0.3) is 0 Å². The normalized spacial score (nSPS) is 21.7. The van der Waals surface area contributed by atoms with E-state index < -0.39 is 0 Å². The van der Waals surface area contributed by atoms with Crippen molar-refractivity contribution in [1.82, 2.24) is 0 Å². The number of rotatable bonds is 5. The van der Waals surface area contributed by atoms with Gasteiger partial charge in [-0.2, -0.15) is 0 Å². The largest absolute Gasteiger partial charge is 0.497 e. The summed E-state index contributed by atoms with van der Waals surface area (Å²) in [5.74, 6) is 1.75. The SMILES string of the molecule is COc1ccc(C2(c3ccccc3)CC(C)(c3ccccc3)c3ccc(OC)cc32)cc1. The van der Waals surface area contributed by atoms with E-state index in [1.54, 1.807) is 14.2 Å². The third kappa shape index (κ3) is 3.02. The van der Waals surface area contributed by atoms with E-state index >= 15 is 0 Å². The first kappa shape index (κ1) is 20.4. The molecule has 2 heteroatoms. The number of benzene rings is 4. The molecule has 0 amide bonds. The maximum absolute atomic E-state index is 5.69. The summed E-state index contributed by atoms with van der Waals surface area (Å²) in [5, 5.41) is 0. The molecule has 0 N–H and O–H groups in total. The van der Waals surface area contributed by atoms with Gasteiger partial charge in [-0.25, -0.2) is 0 Å². The molecule has 0 aromatic heterocycles. The Morgan fingerprint density at radius 2 is 1.09 bits per heavy atom. The molecule has 0 bridgehead atoms. The summed E-state index contributed by atoms with van der Waals surface area (Å²) in [4.78, 5) is 0. The van der Waals surface area contributed by atoms with Crippen molar-refractivity contribution in [3.05, 3.63) is 131 Å².